The van der Waals surface area contributed by atoms with E-state index in [9.17, 15) is 13.2 Å². The van der Waals surface area contributed by atoms with Gasteiger partial charge < -0.3 is 5.32 Å². The van der Waals surface area contributed by atoms with Crippen molar-refractivity contribution in [3.8, 4) is 0 Å². The van der Waals surface area contributed by atoms with Crippen molar-refractivity contribution in [2.45, 2.75) is 6.54 Å². The highest BCUT2D eigenvalue weighted by molar-refractivity contribution is 5.82. The van der Waals surface area contributed by atoms with Crippen LogP contribution in [0.2, 0.25) is 0 Å². The Balaban J connectivity index is 1.83. The second kappa shape index (κ2) is 5.44. The Labute approximate surface area is 119 Å². The van der Waals surface area contributed by atoms with Crippen LogP contribution < -0.4 is 5.32 Å². The normalized spacial score (nSPS) is 10.8. The van der Waals surface area contributed by atoms with Crippen LogP contribution in [0.5, 0.6) is 0 Å². The molecule has 106 valence electrons. The van der Waals surface area contributed by atoms with Gasteiger partial charge in [-0.3, -0.25) is 4.98 Å². The van der Waals surface area contributed by atoms with Gasteiger partial charge in [0.1, 0.15) is 5.82 Å². The van der Waals surface area contributed by atoms with Gasteiger partial charge in [0.25, 0.3) is 0 Å². The number of halogens is 3. The largest absolute Gasteiger partial charge is 0.378 e. The molecule has 0 bridgehead atoms. The molecule has 2 aromatic carbocycles. The number of aromatic nitrogens is 1. The van der Waals surface area contributed by atoms with Crippen LogP contribution in [0, 0.1) is 17.5 Å². The van der Waals surface area contributed by atoms with Crippen LogP contribution in [-0.2, 0) is 6.54 Å². The van der Waals surface area contributed by atoms with Crippen LogP contribution in [0.3, 0.4) is 0 Å². The van der Waals surface area contributed by atoms with Crippen molar-refractivity contribution in [3.63, 3.8) is 0 Å². The Bertz CT molecular complexity index is 803. The topological polar surface area (TPSA) is 24.9 Å². The van der Waals surface area contributed by atoms with E-state index in [1.54, 1.807) is 12.4 Å². The molecule has 1 heterocycles. The Morgan fingerprint density at radius 2 is 1.81 bits per heavy atom. The molecule has 0 aliphatic carbocycles. The van der Waals surface area contributed by atoms with Crippen LogP contribution in [0.4, 0.5) is 18.9 Å². The minimum atomic E-state index is -1.21. The monoisotopic (exact) mass is 288 g/mol. The van der Waals surface area contributed by atoms with Crippen molar-refractivity contribution in [1.29, 1.82) is 0 Å². The molecule has 0 spiro atoms. The van der Waals surface area contributed by atoms with Crippen molar-refractivity contribution in [1.82, 2.24) is 4.98 Å². The Morgan fingerprint density at radius 1 is 0.952 bits per heavy atom. The number of hydrogen-bond donors (Lipinski definition) is 1. The summed E-state index contributed by atoms with van der Waals surface area (Å²) in [6.07, 6.45) is 3.43. The minimum absolute atomic E-state index is 0.192. The van der Waals surface area contributed by atoms with Crippen molar-refractivity contribution in [2.75, 3.05) is 5.32 Å². The van der Waals surface area contributed by atoms with E-state index < -0.39 is 17.5 Å². The third-order valence-corrected chi connectivity index (χ3v) is 3.18. The van der Waals surface area contributed by atoms with Crippen molar-refractivity contribution in [2.24, 2.45) is 0 Å². The number of nitrogens with one attached hydrogen (secondary N) is 1. The van der Waals surface area contributed by atoms with Gasteiger partial charge in [-0.1, -0.05) is 12.1 Å². The van der Waals surface area contributed by atoms with E-state index >= 15 is 0 Å². The first kappa shape index (κ1) is 13.4. The third kappa shape index (κ3) is 2.81. The van der Waals surface area contributed by atoms with Gasteiger partial charge in [-0.25, -0.2) is 13.2 Å². The zero-order valence-corrected chi connectivity index (χ0v) is 10.9. The standard InChI is InChI=1S/C16H11F3N2/c17-13-6-14(18)16(19)15(7-13)21-8-10-1-2-12-9-20-4-3-11(12)5-10/h1-7,9,21H,8H2. The maximum Gasteiger partial charge on any atom is 0.182 e. The zero-order chi connectivity index (χ0) is 14.8. The predicted molar refractivity (Wildman–Crippen MR) is 75.4 cm³/mol. The first-order chi connectivity index (χ1) is 10.1. The van der Waals surface area contributed by atoms with E-state index in [2.05, 4.69) is 10.3 Å². The predicted octanol–water partition coefficient (Wildman–Crippen LogP) is 4.26. The number of rotatable bonds is 3. The molecular weight excluding hydrogens is 277 g/mol. The maximum absolute atomic E-state index is 13.5. The van der Waals surface area contributed by atoms with Gasteiger partial charge in [-0.05, 0) is 23.1 Å². The van der Waals surface area contributed by atoms with Gasteiger partial charge in [0.15, 0.2) is 11.6 Å². The van der Waals surface area contributed by atoms with E-state index in [0.717, 1.165) is 22.4 Å². The maximum atomic E-state index is 13.5. The summed E-state index contributed by atoms with van der Waals surface area (Å²) in [4.78, 5) is 4.02. The summed E-state index contributed by atoms with van der Waals surface area (Å²) < 4.78 is 39.7. The molecule has 5 heteroatoms. The summed E-state index contributed by atoms with van der Waals surface area (Å²) >= 11 is 0. The second-order valence-electron chi connectivity index (χ2n) is 4.66. The molecule has 0 atom stereocenters. The van der Waals surface area contributed by atoms with E-state index in [1.807, 2.05) is 24.3 Å². The van der Waals surface area contributed by atoms with E-state index in [0.29, 0.717) is 6.07 Å². The molecule has 3 rings (SSSR count). The Hall–Kier alpha value is -2.56. The Morgan fingerprint density at radius 3 is 2.67 bits per heavy atom. The van der Waals surface area contributed by atoms with E-state index in [-0.39, 0.29) is 12.2 Å². The molecule has 1 aromatic heterocycles. The number of fused-ring (bicyclic) bond motifs is 1. The molecule has 0 radical (unpaired) electrons. The average molecular weight is 288 g/mol. The summed E-state index contributed by atoms with van der Waals surface area (Å²) in [6.45, 7) is 0.262. The molecule has 21 heavy (non-hydrogen) atoms. The molecule has 0 fully saturated rings. The van der Waals surface area contributed by atoms with Crippen LogP contribution in [0.15, 0.2) is 48.8 Å². The summed E-state index contributed by atoms with van der Waals surface area (Å²) in [5, 5.41) is 4.69. The van der Waals surface area contributed by atoms with Crippen LogP contribution >= 0.6 is 0 Å². The zero-order valence-electron chi connectivity index (χ0n) is 10.9. The molecule has 2 nitrogen and oxygen atoms in total. The summed E-state index contributed by atoms with van der Waals surface area (Å²) in [5.74, 6) is -3.11. The van der Waals surface area contributed by atoms with Gasteiger partial charge >= 0.3 is 0 Å². The highest BCUT2D eigenvalue weighted by atomic mass is 19.2. The van der Waals surface area contributed by atoms with Crippen molar-refractivity contribution in [3.05, 3.63) is 71.8 Å². The lowest BCUT2D eigenvalue weighted by atomic mass is 10.1. The molecule has 0 saturated carbocycles. The van der Waals surface area contributed by atoms with Gasteiger partial charge in [-0.15, -0.1) is 0 Å². The van der Waals surface area contributed by atoms with Gasteiger partial charge in [0.2, 0.25) is 0 Å². The number of pyridine rings is 1. The summed E-state index contributed by atoms with van der Waals surface area (Å²) in [5.41, 5.74) is 0.681. The molecule has 0 unspecified atom stereocenters. The fourth-order valence-corrected chi connectivity index (χ4v) is 2.12. The lowest BCUT2D eigenvalue weighted by Gasteiger charge is -2.09. The van der Waals surface area contributed by atoms with Gasteiger partial charge in [0, 0.05) is 36.5 Å². The number of nitrogens with zero attached hydrogens (tertiary/aromatic N) is 1. The molecule has 0 aliphatic rings. The van der Waals surface area contributed by atoms with E-state index in [4.69, 9.17) is 0 Å². The number of hydrogen-bond acceptors (Lipinski definition) is 2. The first-order valence-electron chi connectivity index (χ1n) is 6.34. The summed E-state index contributed by atoms with van der Waals surface area (Å²) in [7, 11) is 0. The molecule has 3 aromatic rings. The average Bonchev–Trinajstić information content (AvgIpc) is 2.49. The molecular formula is C16H11F3N2. The Kier molecular flexibility index (Phi) is 3.48. The molecule has 0 amide bonds. The molecule has 1 N–H and O–H groups in total. The third-order valence-electron chi connectivity index (χ3n) is 3.18. The van der Waals surface area contributed by atoms with Crippen molar-refractivity contribution < 1.29 is 13.2 Å². The molecule has 0 saturated heterocycles. The van der Waals surface area contributed by atoms with Crippen LogP contribution in [0.1, 0.15) is 5.56 Å². The smallest absolute Gasteiger partial charge is 0.182 e. The van der Waals surface area contributed by atoms with Crippen LogP contribution in [-0.4, -0.2) is 4.98 Å². The second-order valence-corrected chi connectivity index (χ2v) is 4.66. The minimum Gasteiger partial charge on any atom is -0.378 e. The van der Waals surface area contributed by atoms with Gasteiger partial charge in [-0.2, -0.15) is 0 Å². The SMILES string of the molecule is Fc1cc(F)c(F)c(NCc2ccc3cnccc3c2)c1. The van der Waals surface area contributed by atoms with Crippen LogP contribution in [0.25, 0.3) is 10.8 Å². The highest BCUT2D eigenvalue weighted by Crippen LogP contribution is 2.21. The number of benzene rings is 2. The first-order valence-corrected chi connectivity index (χ1v) is 6.34. The van der Waals surface area contributed by atoms with Gasteiger partial charge in [0.05, 0.1) is 5.69 Å². The van der Waals surface area contributed by atoms with E-state index in [1.165, 1.54) is 0 Å². The number of anilines is 1. The quantitative estimate of drug-likeness (QED) is 0.728. The highest BCUT2D eigenvalue weighted by Gasteiger charge is 2.10. The fraction of sp³-hybridized carbons (Fsp3) is 0.0625. The fourth-order valence-electron chi connectivity index (χ4n) is 2.12. The molecule has 0 aliphatic heterocycles. The summed E-state index contributed by atoms with van der Waals surface area (Å²) in [6, 6.07) is 8.97. The van der Waals surface area contributed by atoms with Crippen molar-refractivity contribution >= 4 is 16.5 Å². The lowest BCUT2D eigenvalue weighted by Crippen LogP contribution is -2.03. The lowest BCUT2D eigenvalue weighted by molar-refractivity contribution is 0.497.